The van der Waals surface area contributed by atoms with Crippen molar-refractivity contribution in [3.63, 3.8) is 0 Å². The Hall–Kier alpha value is -1.85. The summed E-state index contributed by atoms with van der Waals surface area (Å²) >= 11 is 0. The van der Waals surface area contributed by atoms with Crippen LogP contribution in [0.1, 0.15) is 30.9 Å². The third kappa shape index (κ3) is 4.20. The molecule has 0 fully saturated rings. The summed E-state index contributed by atoms with van der Waals surface area (Å²) in [5, 5.41) is 3.24. The van der Waals surface area contributed by atoms with E-state index in [9.17, 15) is 18.0 Å². The Morgan fingerprint density at radius 1 is 1.28 bits per heavy atom. The van der Waals surface area contributed by atoms with Gasteiger partial charge in [0.05, 0.1) is 6.21 Å². The summed E-state index contributed by atoms with van der Waals surface area (Å²) < 4.78 is 35.5. The lowest BCUT2D eigenvalue weighted by molar-refractivity contribution is -0.173. The first-order chi connectivity index (χ1) is 8.30. The minimum atomic E-state index is -4.92. The van der Waals surface area contributed by atoms with Gasteiger partial charge in [0, 0.05) is 0 Å². The second-order valence-corrected chi connectivity index (χ2v) is 4.02. The molecule has 0 unspecified atom stereocenters. The van der Waals surface area contributed by atoms with Gasteiger partial charge in [0.25, 0.3) is 0 Å². The summed E-state index contributed by atoms with van der Waals surface area (Å²) in [6, 6.07) is 7.16. The Bertz CT molecular complexity index is 436. The van der Waals surface area contributed by atoms with E-state index in [0.717, 1.165) is 11.8 Å². The molecule has 1 N–H and O–H groups in total. The van der Waals surface area contributed by atoms with Crippen LogP contribution in [0, 0.1) is 0 Å². The number of benzene rings is 1. The number of rotatable bonds is 3. The molecular weight excluding hydrogens is 245 g/mol. The molecule has 0 aromatic heterocycles. The van der Waals surface area contributed by atoms with E-state index in [1.165, 1.54) is 5.43 Å². The van der Waals surface area contributed by atoms with Crippen LogP contribution in [-0.4, -0.2) is 18.3 Å². The molecule has 1 rings (SSSR count). The molecule has 0 saturated carbocycles. The Labute approximate surface area is 103 Å². The molecule has 0 heterocycles. The van der Waals surface area contributed by atoms with E-state index in [-0.39, 0.29) is 0 Å². The fourth-order valence-corrected chi connectivity index (χ4v) is 1.20. The Morgan fingerprint density at radius 2 is 1.83 bits per heavy atom. The quantitative estimate of drug-likeness (QED) is 0.657. The molecule has 0 saturated heterocycles. The predicted molar refractivity (Wildman–Crippen MR) is 62.3 cm³/mol. The summed E-state index contributed by atoms with van der Waals surface area (Å²) in [6.07, 6.45) is -3.76. The van der Waals surface area contributed by atoms with Gasteiger partial charge >= 0.3 is 12.1 Å². The summed E-state index contributed by atoms with van der Waals surface area (Å²) in [4.78, 5) is 10.4. The van der Waals surface area contributed by atoms with Crippen molar-refractivity contribution in [3.05, 3.63) is 35.4 Å². The topological polar surface area (TPSA) is 41.5 Å². The molecule has 18 heavy (non-hydrogen) atoms. The van der Waals surface area contributed by atoms with Crippen LogP contribution >= 0.6 is 0 Å². The highest BCUT2D eigenvalue weighted by Crippen LogP contribution is 2.15. The second-order valence-electron chi connectivity index (χ2n) is 4.02. The summed E-state index contributed by atoms with van der Waals surface area (Å²) in [5.41, 5.74) is 3.14. The number of hydrazone groups is 1. The van der Waals surface area contributed by atoms with E-state index in [0.29, 0.717) is 11.5 Å². The highest BCUT2D eigenvalue weighted by molar-refractivity contribution is 5.84. The van der Waals surface area contributed by atoms with E-state index >= 15 is 0 Å². The third-order valence-corrected chi connectivity index (χ3v) is 2.24. The molecule has 0 aliphatic carbocycles. The van der Waals surface area contributed by atoms with Gasteiger partial charge in [-0.3, -0.25) is 4.79 Å². The van der Waals surface area contributed by atoms with Crippen molar-refractivity contribution in [2.24, 2.45) is 5.10 Å². The number of halogens is 3. The van der Waals surface area contributed by atoms with Crippen LogP contribution in [0.3, 0.4) is 0 Å². The number of nitrogens with zero attached hydrogens (tertiary/aromatic N) is 1. The summed E-state index contributed by atoms with van der Waals surface area (Å²) in [7, 11) is 0. The van der Waals surface area contributed by atoms with E-state index in [4.69, 9.17) is 0 Å². The minimum Gasteiger partial charge on any atom is -0.263 e. The normalized spacial score (nSPS) is 12.1. The zero-order chi connectivity index (χ0) is 13.8. The molecule has 3 nitrogen and oxygen atoms in total. The van der Waals surface area contributed by atoms with E-state index in [1.807, 2.05) is 26.0 Å². The largest absolute Gasteiger partial charge is 0.473 e. The van der Waals surface area contributed by atoms with Gasteiger partial charge < -0.3 is 0 Å². The van der Waals surface area contributed by atoms with Crippen LogP contribution in [0.15, 0.2) is 29.4 Å². The number of alkyl halides is 3. The number of amides is 1. The van der Waals surface area contributed by atoms with Crippen LogP contribution < -0.4 is 5.43 Å². The molecule has 1 amide bonds. The standard InChI is InChI=1S/C12H13F3N2O/c1-8(2)10-5-3-9(4-6-10)7-16-17-11(18)12(13,14)15/h3-8H,1-2H3,(H,17,18)/b16-7-. The van der Waals surface area contributed by atoms with Crippen molar-refractivity contribution in [1.29, 1.82) is 0 Å². The van der Waals surface area contributed by atoms with Crippen molar-refractivity contribution in [2.45, 2.75) is 25.9 Å². The van der Waals surface area contributed by atoms with Crippen molar-refractivity contribution in [1.82, 2.24) is 5.43 Å². The first-order valence-electron chi connectivity index (χ1n) is 5.31. The van der Waals surface area contributed by atoms with E-state index < -0.39 is 12.1 Å². The third-order valence-electron chi connectivity index (χ3n) is 2.24. The van der Waals surface area contributed by atoms with Crippen LogP contribution in [0.25, 0.3) is 0 Å². The van der Waals surface area contributed by atoms with Gasteiger partial charge in [-0.15, -0.1) is 0 Å². The lowest BCUT2D eigenvalue weighted by Crippen LogP contribution is -2.33. The zero-order valence-corrected chi connectivity index (χ0v) is 9.95. The summed E-state index contributed by atoms with van der Waals surface area (Å²) in [5.74, 6) is -1.71. The van der Waals surface area contributed by atoms with E-state index in [1.54, 1.807) is 12.1 Å². The Kier molecular flexibility index (Phi) is 4.47. The Morgan fingerprint density at radius 3 is 2.28 bits per heavy atom. The molecule has 98 valence electrons. The molecule has 0 spiro atoms. The first-order valence-corrected chi connectivity index (χ1v) is 5.31. The average Bonchev–Trinajstić information content (AvgIpc) is 2.28. The van der Waals surface area contributed by atoms with Gasteiger partial charge in [0.15, 0.2) is 0 Å². The summed E-state index contributed by atoms with van der Waals surface area (Å²) in [6.45, 7) is 4.07. The number of carbonyl (C=O) groups is 1. The van der Waals surface area contributed by atoms with Crippen LogP contribution in [0.4, 0.5) is 13.2 Å². The molecule has 0 bridgehead atoms. The number of hydrogen-bond donors (Lipinski definition) is 1. The average molecular weight is 258 g/mol. The molecule has 1 aromatic carbocycles. The molecule has 1 aromatic rings. The van der Waals surface area contributed by atoms with Crippen molar-refractivity contribution >= 4 is 12.1 Å². The number of hydrogen-bond acceptors (Lipinski definition) is 2. The van der Waals surface area contributed by atoms with Crippen molar-refractivity contribution in [3.8, 4) is 0 Å². The molecular formula is C12H13F3N2O. The zero-order valence-electron chi connectivity index (χ0n) is 9.95. The molecule has 0 aliphatic heterocycles. The van der Waals surface area contributed by atoms with Gasteiger partial charge in [0.1, 0.15) is 0 Å². The lowest BCUT2D eigenvalue weighted by Gasteiger charge is -2.05. The first kappa shape index (κ1) is 14.2. The number of nitrogens with one attached hydrogen (secondary N) is 1. The smallest absolute Gasteiger partial charge is 0.263 e. The van der Waals surface area contributed by atoms with Gasteiger partial charge in [-0.1, -0.05) is 38.1 Å². The van der Waals surface area contributed by atoms with Gasteiger partial charge in [-0.2, -0.15) is 18.3 Å². The Balaban J connectivity index is 2.60. The maximum absolute atomic E-state index is 11.8. The van der Waals surface area contributed by atoms with Gasteiger partial charge in [0.2, 0.25) is 0 Å². The maximum atomic E-state index is 11.8. The fourth-order valence-electron chi connectivity index (χ4n) is 1.20. The monoisotopic (exact) mass is 258 g/mol. The predicted octanol–water partition coefficient (Wildman–Crippen LogP) is 2.82. The van der Waals surface area contributed by atoms with Crippen LogP contribution in [0.5, 0.6) is 0 Å². The van der Waals surface area contributed by atoms with Gasteiger partial charge in [-0.25, -0.2) is 5.43 Å². The van der Waals surface area contributed by atoms with Crippen LogP contribution in [0.2, 0.25) is 0 Å². The minimum absolute atomic E-state index is 0.376. The van der Waals surface area contributed by atoms with Crippen LogP contribution in [-0.2, 0) is 4.79 Å². The fraction of sp³-hybridized carbons (Fsp3) is 0.333. The molecule has 0 radical (unpaired) electrons. The maximum Gasteiger partial charge on any atom is 0.473 e. The highest BCUT2D eigenvalue weighted by Gasteiger charge is 2.38. The molecule has 0 aliphatic rings. The molecule has 6 heteroatoms. The van der Waals surface area contributed by atoms with E-state index in [2.05, 4.69) is 5.10 Å². The van der Waals surface area contributed by atoms with Crippen molar-refractivity contribution in [2.75, 3.05) is 0 Å². The van der Waals surface area contributed by atoms with Crippen molar-refractivity contribution < 1.29 is 18.0 Å². The second kappa shape index (κ2) is 5.66. The lowest BCUT2D eigenvalue weighted by atomic mass is 10.0. The highest BCUT2D eigenvalue weighted by atomic mass is 19.4. The number of carbonyl (C=O) groups excluding carboxylic acids is 1. The SMILES string of the molecule is CC(C)c1ccc(/C=N\NC(=O)C(F)(F)F)cc1. The van der Waals surface area contributed by atoms with Gasteiger partial charge in [-0.05, 0) is 17.0 Å². The molecule has 0 atom stereocenters.